The molecular formula is C16H22N4O2S. The predicted octanol–water partition coefficient (Wildman–Crippen LogP) is 2.08. The first kappa shape index (κ1) is 16.0. The second-order valence-electron chi connectivity index (χ2n) is 6.12. The number of carbonyl (C=O) groups excluding carboxylic acids is 1. The number of likely N-dealkylation sites (N-methyl/N-ethyl adjacent to an activating group) is 1. The van der Waals surface area contributed by atoms with Gasteiger partial charge in [0.25, 0.3) is 5.56 Å². The predicted molar refractivity (Wildman–Crippen MR) is 93.5 cm³/mol. The van der Waals surface area contributed by atoms with E-state index in [4.69, 9.17) is 0 Å². The van der Waals surface area contributed by atoms with Gasteiger partial charge >= 0.3 is 0 Å². The summed E-state index contributed by atoms with van der Waals surface area (Å²) in [4.78, 5) is 31.3. The number of hydrogen-bond donors (Lipinski definition) is 2. The number of nitrogens with zero attached hydrogens (tertiary/aromatic N) is 2. The summed E-state index contributed by atoms with van der Waals surface area (Å²) in [5, 5.41) is 6.35. The largest absolute Gasteiger partial charge is 0.358 e. The average molecular weight is 334 g/mol. The topological polar surface area (TPSA) is 76.0 Å². The number of aromatic nitrogens is 2. The van der Waals surface area contributed by atoms with Crippen LogP contribution >= 0.6 is 11.3 Å². The molecule has 0 saturated carbocycles. The van der Waals surface area contributed by atoms with Crippen molar-refractivity contribution in [1.82, 2.24) is 14.9 Å². The van der Waals surface area contributed by atoms with E-state index in [1.165, 1.54) is 16.9 Å². The Bertz CT molecular complexity index is 806. The molecule has 0 unspecified atom stereocenters. The summed E-state index contributed by atoms with van der Waals surface area (Å²) in [6.07, 6.45) is 4.32. The third-order valence-electron chi connectivity index (χ3n) is 4.22. The van der Waals surface area contributed by atoms with Crippen molar-refractivity contribution in [2.45, 2.75) is 45.6 Å². The number of fused-ring (bicyclic) bond motifs is 3. The van der Waals surface area contributed by atoms with Crippen molar-refractivity contribution >= 4 is 33.4 Å². The monoisotopic (exact) mass is 334 g/mol. The third kappa shape index (κ3) is 2.85. The van der Waals surface area contributed by atoms with Gasteiger partial charge in [-0.2, -0.15) is 0 Å². The number of hydrogen-bond acceptors (Lipinski definition) is 5. The Labute approximate surface area is 138 Å². The van der Waals surface area contributed by atoms with Gasteiger partial charge in [0.2, 0.25) is 11.9 Å². The first-order valence-electron chi connectivity index (χ1n) is 8.04. The van der Waals surface area contributed by atoms with Gasteiger partial charge in [-0.25, -0.2) is 4.98 Å². The minimum atomic E-state index is -0.139. The van der Waals surface area contributed by atoms with Gasteiger partial charge in [0.1, 0.15) is 4.83 Å². The zero-order valence-electron chi connectivity index (χ0n) is 13.7. The van der Waals surface area contributed by atoms with E-state index >= 15 is 0 Å². The van der Waals surface area contributed by atoms with Crippen molar-refractivity contribution in [3.05, 3.63) is 20.8 Å². The molecule has 3 rings (SSSR count). The summed E-state index contributed by atoms with van der Waals surface area (Å²) in [5.41, 5.74) is 1.20. The Kier molecular flexibility index (Phi) is 4.39. The molecule has 23 heavy (non-hydrogen) atoms. The van der Waals surface area contributed by atoms with Crippen LogP contribution < -0.4 is 16.2 Å². The fourth-order valence-electron chi connectivity index (χ4n) is 3.07. The van der Waals surface area contributed by atoms with Gasteiger partial charge in [-0.1, -0.05) is 0 Å². The van der Waals surface area contributed by atoms with Crippen molar-refractivity contribution in [1.29, 1.82) is 0 Å². The number of aryl methyl sites for hydroxylation is 2. The van der Waals surface area contributed by atoms with Crippen LogP contribution in [0.3, 0.4) is 0 Å². The first-order chi connectivity index (χ1) is 11.0. The molecule has 1 amide bonds. The number of amides is 1. The van der Waals surface area contributed by atoms with Gasteiger partial charge < -0.3 is 10.6 Å². The van der Waals surface area contributed by atoms with Crippen molar-refractivity contribution in [2.24, 2.45) is 0 Å². The third-order valence-corrected chi connectivity index (χ3v) is 5.41. The molecule has 7 heteroatoms. The highest BCUT2D eigenvalue weighted by molar-refractivity contribution is 7.18. The van der Waals surface area contributed by atoms with Crippen molar-refractivity contribution in [3.63, 3.8) is 0 Å². The van der Waals surface area contributed by atoms with E-state index in [1.807, 2.05) is 13.8 Å². The van der Waals surface area contributed by atoms with E-state index in [-0.39, 0.29) is 24.1 Å². The molecule has 0 fully saturated rings. The second kappa shape index (κ2) is 6.31. The molecule has 1 aliphatic rings. The molecule has 124 valence electrons. The number of rotatable bonds is 4. The molecule has 0 atom stereocenters. The zero-order valence-corrected chi connectivity index (χ0v) is 14.5. The summed E-state index contributed by atoms with van der Waals surface area (Å²) in [7, 11) is 1.59. The van der Waals surface area contributed by atoms with Gasteiger partial charge in [-0.3, -0.25) is 14.2 Å². The van der Waals surface area contributed by atoms with Crippen molar-refractivity contribution < 1.29 is 4.79 Å². The van der Waals surface area contributed by atoms with Gasteiger partial charge in [0, 0.05) is 18.0 Å². The Balaban J connectivity index is 2.14. The maximum Gasteiger partial charge on any atom is 0.264 e. The van der Waals surface area contributed by atoms with Crippen LogP contribution in [0.5, 0.6) is 0 Å². The molecule has 0 bridgehead atoms. The normalized spacial score (nSPS) is 14.1. The van der Waals surface area contributed by atoms with Crippen LogP contribution in [0.1, 0.15) is 43.2 Å². The van der Waals surface area contributed by atoms with E-state index in [9.17, 15) is 9.59 Å². The lowest BCUT2D eigenvalue weighted by Crippen LogP contribution is -2.31. The number of anilines is 1. The van der Waals surface area contributed by atoms with E-state index in [1.54, 1.807) is 23.0 Å². The number of carbonyl (C=O) groups is 1. The lowest BCUT2D eigenvalue weighted by molar-refractivity contribution is -0.118. The molecule has 1 aliphatic carbocycles. The molecule has 2 aromatic heterocycles. The standard InChI is InChI=1S/C16H22N4O2S/c1-9(2)20-15(22)13-10-6-4-5-7-11(10)23-14(13)19-16(20)18-8-12(21)17-3/h9H,4-8H2,1-3H3,(H,17,21)(H,18,19). The van der Waals surface area contributed by atoms with Crippen LogP contribution in [0.4, 0.5) is 5.95 Å². The zero-order chi connectivity index (χ0) is 16.6. The molecule has 2 heterocycles. The molecule has 2 aromatic rings. The molecule has 0 radical (unpaired) electrons. The number of nitrogens with one attached hydrogen (secondary N) is 2. The van der Waals surface area contributed by atoms with Gasteiger partial charge in [-0.15, -0.1) is 11.3 Å². The minimum Gasteiger partial charge on any atom is -0.358 e. The Morgan fingerprint density at radius 1 is 1.35 bits per heavy atom. The lowest BCUT2D eigenvalue weighted by atomic mass is 9.97. The van der Waals surface area contributed by atoms with Crippen LogP contribution in [0.25, 0.3) is 10.2 Å². The SMILES string of the molecule is CNC(=O)CNc1nc2sc3c(c2c(=O)n1C(C)C)CCCC3. The Hall–Kier alpha value is -1.89. The molecule has 0 saturated heterocycles. The maximum atomic E-state index is 13.0. The summed E-state index contributed by atoms with van der Waals surface area (Å²) < 4.78 is 1.66. The fourth-order valence-corrected chi connectivity index (χ4v) is 4.32. The molecule has 0 aromatic carbocycles. The Morgan fingerprint density at radius 3 is 2.78 bits per heavy atom. The van der Waals surface area contributed by atoms with Gasteiger partial charge in [0.05, 0.1) is 11.9 Å². The Morgan fingerprint density at radius 2 is 2.09 bits per heavy atom. The molecule has 0 aliphatic heterocycles. The van der Waals surface area contributed by atoms with Crippen LogP contribution in [0.15, 0.2) is 4.79 Å². The summed E-state index contributed by atoms with van der Waals surface area (Å²) >= 11 is 1.62. The smallest absolute Gasteiger partial charge is 0.264 e. The highest BCUT2D eigenvalue weighted by Crippen LogP contribution is 2.34. The fraction of sp³-hybridized carbons (Fsp3) is 0.562. The summed E-state index contributed by atoms with van der Waals surface area (Å²) in [6.45, 7) is 4.02. The van der Waals surface area contributed by atoms with Crippen LogP contribution in [0, 0.1) is 0 Å². The molecule has 2 N–H and O–H groups in total. The van der Waals surface area contributed by atoms with Crippen LogP contribution in [0.2, 0.25) is 0 Å². The van der Waals surface area contributed by atoms with Crippen LogP contribution in [-0.4, -0.2) is 29.1 Å². The average Bonchev–Trinajstić information content (AvgIpc) is 2.90. The quantitative estimate of drug-likeness (QED) is 0.897. The lowest BCUT2D eigenvalue weighted by Gasteiger charge is -2.17. The van der Waals surface area contributed by atoms with E-state index < -0.39 is 0 Å². The van der Waals surface area contributed by atoms with E-state index in [2.05, 4.69) is 15.6 Å². The van der Waals surface area contributed by atoms with Gasteiger partial charge in [-0.05, 0) is 45.1 Å². The van der Waals surface area contributed by atoms with E-state index in [0.717, 1.165) is 29.5 Å². The van der Waals surface area contributed by atoms with Crippen LogP contribution in [-0.2, 0) is 17.6 Å². The first-order valence-corrected chi connectivity index (χ1v) is 8.85. The summed E-state index contributed by atoms with van der Waals surface area (Å²) in [5.74, 6) is 0.333. The highest BCUT2D eigenvalue weighted by atomic mass is 32.1. The van der Waals surface area contributed by atoms with Crippen molar-refractivity contribution in [2.75, 3.05) is 18.9 Å². The summed E-state index contributed by atoms with van der Waals surface area (Å²) in [6, 6.07) is -0.0225. The molecule has 6 nitrogen and oxygen atoms in total. The van der Waals surface area contributed by atoms with Gasteiger partial charge in [0.15, 0.2) is 0 Å². The van der Waals surface area contributed by atoms with Crippen molar-refractivity contribution in [3.8, 4) is 0 Å². The minimum absolute atomic E-state index is 0.00352. The second-order valence-corrected chi connectivity index (χ2v) is 7.21. The van der Waals surface area contributed by atoms with E-state index in [0.29, 0.717) is 5.95 Å². The maximum absolute atomic E-state index is 13.0. The molecule has 0 spiro atoms. The number of thiophene rings is 1. The molecular weight excluding hydrogens is 312 g/mol. The highest BCUT2D eigenvalue weighted by Gasteiger charge is 2.22.